The zero-order valence-electron chi connectivity index (χ0n) is 21.8. The van der Waals surface area contributed by atoms with Crippen LogP contribution in [0.15, 0.2) is 27.4 Å². The molecule has 4 aliphatic heterocycles. The number of aryl methyl sites for hydroxylation is 1. The van der Waals surface area contributed by atoms with Crippen LogP contribution >= 0.6 is 0 Å². The van der Waals surface area contributed by atoms with Gasteiger partial charge in [0.25, 0.3) is 0 Å². The normalized spacial score (nSPS) is 39.8. The fourth-order valence-corrected chi connectivity index (χ4v) is 6.83. The highest BCUT2D eigenvalue weighted by molar-refractivity contribution is 6.14. The highest BCUT2D eigenvalue weighted by Gasteiger charge is 2.74. The minimum absolute atomic E-state index is 0.0298. The van der Waals surface area contributed by atoms with Gasteiger partial charge in [0.2, 0.25) is 0 Å². The third-order valence-corrected chi connectivity index (χ3v) is 9.29. The number of benzene rings is 2. The summed E-state index contributed by atoms with van der Waals surface area (Å²) in [5.41, 5.74) is -1.96. The van der Waals surface area contributed by atoms with Gasteiger partial charge in [0.05, 0.1) is 24.2 Å². The first-order valence-electron chi connectivity index (χ1n) is 13.3. The number of aliphatic hydroxyl groups excluding tert-OH is 2. The van der Waals surface area contributed by atoms with Gasteiger partial charge in [0.1, 0.15) is 41.5 Å². The number of Topliss-reactive ketones (excluding diaryl/α,β-unsaturated/α-hetero) is 2. The van der Waals surface area contributed by atoms with E-state index in [4.69, 9.17) is 23.4 Å². The van der Waals surface area contributed by atoms with Gasteiger partial charge in [-0.3, -0.25) is 14.4 Å². The van der Waals surface area contributed by atoms with Crippen molar-refractivity contribution < 1.29 is 48.3 Å². The number of epoxide rings is 3. The number of ketones is 2. The summed E-state index contributed by atoms with van der Waals surface area (Å²) in [6, 6.07) is 4.53. The molecule has 9 atom stereocenters. The molecule has 1 aromatic heterocycles. The zero-order chi connectivity index (χ0) is 28.0. The lowest BCUT2D eigenvalue weighted by atomic mass is 9.74. The van der Waals surface area contributed by atoms with Crippen LogP contribution in [-0.2, 0) is 29.3 Å². The number of carbonyl (C=O) groups excluding carboxylic acids is 2. The van der Waals surface area contributed by atoms with Gasteiger partial charge >= 0.3 is 0 Å². The van der Waals surface area contributed by atoms with E-state index in [1.807, 2.05) is 6.92 Å². The molecule has 2 aromatic carbocycles. The summed E-state index contributed by atoms with van der Waals surface area (Å²) < 4.78 is 29.1. The largest absolute Gasteiger partial charge is 0.507 e. The summed E-state index contributed by atoms with van der Waals surface area (Å²) in [5, 5.41) is 34.0. The Labute approximate surface area is 226 Å². The van der Waals surface area contributed by atoms with E-state index in [9.17, 15) is 29.7 Å². The monoisotopic (exact) mass is 550 g/mol. The van der Waals surface area contributed by atoms with Gasteiger partial charge in [-0.15, -0.1) is 0 Å². The Hall–Kier alpha value is -3.19. The van der Waals surface area contributed by atoms with E-state index >= 15 is 0 Å². The van der Waals surface area contributed by atoms with E-state index in [0.29, 0.717) is 28.7 Å². The molecular weight excluding hydrogens is 524 g/mol. The molecule has 40 heavy (non-hydrogen) atoms. The number of phenolic OH excluding ortho intramolecular Hbond substituents is 1. The van der Waals surface area contributed by atoms with Gasteiger partial charge in [0.15, 0.2) is 34.3 Å². The molecule has 4 fully saturated rings. The van der Waals surface area contributed by atoms with Crippen molar-refractivity contribution in [2.45, 2.75) is 81.1 Å². The molecule has 8 rings (SSSR count). The molecule has 0 spiro atoms. The second-order valence-electron chi connectivity index (χ2n) is 11.7. The van der Waals surface area contributed by atoms with Gasteiger partial charge in [0, 0.05) is 34.4 Å². The smallest absolute Gasteiger partial charge is 0.195 e. The van der Waals surface area contributed by atoms with E-state index < -0.39 is 53.3 Å². The molecule has 11 nitrogen and oxygen atoms in total. The van der Waals surface area contributed by atoms with Gasteiger partial charge in [-0.1, -0.05) is 0 Å². The average Bonchev–Trinajstić information content (AvgIpc) is 3.79. The van der Waals surface area contributed by atoms with Crippen molar-refractivity contribution in [1.82, 2.24) is 0 Å². The number of aliphatic hydroxyl groups is 2. The third-order valence-electron chi connectivity index (χ3n) is 9.29. The Balaban J connectivity index is 1.30. The van der Waals surface area contributed by atoms with Gasteiger partial charge in [-0.2, -0.15) is 0 Å². The highest BCUT2D eigenvalue weighted by atomic mass is 16.7. The highest BCUT2D eigenvalue weighted by Crippen LogP contribution is 2.60. The fraction of sp³-hybridized carbons (Fsp3) is 0.483. The molecule has 11 heteroatoms. The van der Waals surface area contributed by atoms with Crippen molar-refractivity contribution in [3.8, 4) is 5.75 Å². The predicted octanol–water partition coefficient (Wildman–Crippen LogP) is 1.45. The van der Waals surface area contributed by atoms with E-state index in [2.05, 4.69) is 0 Å². The maximum Gasteiger partial charge on any atom is 0.195 e. The number of fused-ring (bicyclic) bond motifs is 5. The maximum absolute atomic E-state index is 13.6. The molecule has 0 unspecified atom stereocenters. The van der Waals surface area contributed by atoms with Gasteiger partial charge in [-0.05, 0) is 38.5 Å². The molecule has 0 saturated carbocycles. The summed E-state index contributed by atoms with van der Waals surface area (Å²) >= 11 is 0. The van der Waals surface area contributed by atoms with Crippen LogP contribution in [0, 0.1) is 6.92 Å². The van der Waals surface area contributed by atoms with Crippen LogP contribution in [0.5, 0.6) is 5.75 Å². The molecule has 0 bridgehead atoms. The molecule has 0 amide bonds. The van der Waals surface area contributed by atoms with Crippen molar-refractivity contribution in [1.29, 1.82) is 0 Å². The van der Waals surface area contributed by atoms with E-state index in [1.165, 1.54) is 19.1 Å². The van der Waals surface area contributed by atoms with Crippen molar-refractivity contribution in [3.63, 3.8) is 0 Å². The van der Waals surface area contributed by atoms with Crippen molar-refractivity contribution in [3.05, 3.63) is 50.9 Å². The minimum atomic E-state index is -1.57. The van der Waals surface area contributed by atoms with E-state index in [0.717, 1.165) is 0 Å². The predicted molar refractivity (Wildman–Crippen MR) is 135 cm³/mol. The second-order valence-corrected chi connectivity index (χ2v) is 11.7. The summed E-state index contributed by atoms with van der Waals surface area (Å²) in [5.74, 6) is -1.01. The topological polar surface area (TPSA) is 172 Å². The summed E-state index contributed by atoms with van der Waals surface area (Å²) in [4.78, 5) is 39.3. The van der Waals surface area contributed by atoms with Crippen LogP contribution < -0.4 is 5.43 Å². The molecular formula is C29H26O11. The number of phenols is 1. The number of aromatic hydroxyl groups is 1. The SMILES string of the molecule is Cc1cc2c(O)c3c(cc2c2oc([C@]4(C)O[C@@H]4[C@@H]4CO4)cc(=O)c12)C(=O)[C@@H]1O[C@]1([C@H]1CC(=O)[C@@H](O)[C@@H](C)O1)[C@@H]3O. The number of carbonyl (C=O) groups is 2. The molecule has 5 aliphatic rings. The number of hydrogen-bond donors (Lipinski definition) is 3. The molecule has 3 aromatic rings. The van der Waals surface area contributed by atoms with Gasteiger partial charge < -0.3 is 38.7 Å². The number of ether oxygens (including phenoxy) is 4. The first-order chi connectivity index (χ1) is 19.0. The van der Waals surface area contributed by atoms with Crippen LogP contribution in [0.3, 0.4) is 0 Å². The third kappa shape index (κ3) is 2.97. The average molecular weight is 551 g/mol. The Morgan fingerprint density at radius 2 is 1.80 bits per heavy atom. The van der Waals surface area contributed by atoms with E-state index in [1.54, 1.807) is 13.0 Å². The first kappa shape index (κ1) is 24.6. The lowest BCUT2D eigenvalue weighted by Crippen LogP contribution is -2.53. The van der Waals surface area contributed by atoms with Crippen molar-refractivity contribution in [2.24, 2.45) is 0 Å². The Kier molecular flexibility index (Phi) is 4.64. The fourth-order valence-electron chi connectivity index (χ4n) is 6.83. The molecule has 4 saturated heterocycles. The van der Waals surface area contributed by atoms with Crippen LogP contribution in [0.2, 0.25) is 0 Å². The summed E-state index contributed by atoms with van der Waals surface area (Å²) in [6.07, 6.45) is -6.30. The minimum Gasteiger partial charge on any atom is -0.507 e. The van der Waals surface area contributed by atoms with Crippen molar-refractivity contribution >= 4 is 33.3 Å². The molecule has 208 valence electrons. The maximum atomic E-state index is 13.6. The zero-order valence-corrected chi connectivity index (χ0v) is 21.8. The lowest BCUT2D eigenvalue weighted by Gasteiger charge is -2.38. The van der Waals surface area contributed by atoms with Crippen LogP contribution in [0.4, 0.5) is 0 Å². The standard InChI is InChI=1S/C29H26O11/c1-9-4-11-12(24-19(9)14(30)6-17(38-24)28(3)26(39-28)16-8-36-16)5-13-20(22(11)33)25(35)29(27(40-29)23(13)34)18-7-15(31)21(32)10(2)37-18/h4-6,10,16,18,21,25-27,32-33,35H,7-8H2,1-3H3/t10-,16+,18-,21+,25-,26-,27+,28+,29-/m1/s1. The van der Waals surface area contributed by atoms with Crippen molar-refractivity contribution in [2.75, 3.05) is 6.61 Å². The van der Waals surface area contributed by atoms with Crippen LogP contribution in [0.25, 0.3) is 21.7 Å². The van der Waals surface area contributed by atoms with Gasteiger partial charge in [-0.25, -0.2) is 0 Å². The van der Waals surface area contributed by atoms with Crippen LogP contribution in [-0.4, -0.2) is 75.7 Å². The van der Waals surface area contributed by atoms with E-state index in [-0.39, 0.29) is 51.9 Å². The Morgan fingerprint density at radius 3 is 2.50 bits per heavy atom. The molecule has 5 heterocycles. The van der Waals surface area contributed by atoms with Crippen LogP contribution in [0.1, 0.15) is 53.6 Å². The molecule has 1 aliphatic carbocycles. The number of rotatable bonds is 3. The Bertz CT molecular complexity index is 1750. The lowest BCUT2D eigenvalue weighted by molar-refractivity contribution is -0.169. The molecule has 0 radical (unpaired) electrons. The number of hydrogen-bond acceptors (Lipinski definition) is 11. The second kappa shape index (κ2) is 7.55. The first-order valence-corrected chi connectivity index (χ1v) is 13.3. The Morgan fingerprint density at radius 1 is 1.05 bits per heavy atom. The summed E-state index contributed by atoms with van der Waals surface area (Å²) in [7, 11) is 0. The summed E-state index contributed by atoms with van der Waals surface area (Å²) in [6.45, 7) is 5.64. The molecule has 3 N–H and O–H groups in total. The quantitative estimate of drug-likeness (QED) is 0.318.